The molecule has 1 aliphatic heterocycles. The number of fused-ring (bicyclic) bond motifs is 1. The second kappa shape index (κ2) is 8.22. The molecule has 1 atom stereocenters. The minimum absolute atomic E-state index is 0.0159. The normalized spacial score (nSPS) is 14.8. The summed E-state index contributed by atoms with van der Waals surface area (Å²) in [7, 11) is 0. The number of nitrogens with one attached hydrogen (secondary N) is 2. The van der Waals surface area contributed by atoms with Crippen LogP contribution in [0, 0.1) is 0 Å². The average Bonchev–Trinajstić information content (AvgIpc) is 2.67. The third-order valence-electron chi connectivity index (χ3n) is 3.61. The van der Waals surface area contributed by atoms with Gasteiger partial charge in [0.15, 0.2) is 18.1 Å². The van der Waals surface area contributed by atoms with E-state index in [-0.39, 0.29) is 12.5 Å². The second-order valence-corrected chi connectivity index (χ2v) is 5.78. The largest absolute Gasteiger partial charge is 0.485 e. The van der Waals surface area contributed by atoms with Crippen LogP contribution in [0.1, 0.15) is 6.92 Å². The van der Waals surface area contributed by atoms with Gasteiger partial charge in [-0.3, -0.25) is 9.59 Å². The Labute approximate surface area is 155 Å². The molecule has 0 fully saturated rings. The minimum Gasteiger partial charge on any atom is -0.485 e. The van der Waals surface area contributed by atoms with Gasteiger partial charge in [0.25, 0.3) is 5.91 Å². The first-order valence-electron chi connectivity index (χ1n) is 8.24. The molecule has 0 bridgehead atoms. The van der Waals surface area contributed by atoms with Gasteiger partial charge in [-0.25, -0.2) is 4.79 Å². The fraction of sp³-hybridized carbons (Fsp3) is 0.211. The van der Waals surface area contributed by atoms with Crippen LogP contribution in [-0.2, 0) is 19.1 Å². The van der Waals surface area contributed by atoms with Crippen molar-refractivity contribution >= 4 is 29.2 Å². The number of anilines is 2. The van der Waals surface area contributed by atoms with Gasteiger partial charge in [0.2, 0.25) is 12.0 Å². The van der Waals surface area contributed by atoms with Gasteiger partial charge in [-0.15, -0.1) is 0 Å². The smallest absolute Gasteiger partial charge is 0.351 e. The lowest BCUT2D eigenvalue weighted by atomic mass is 10.2. The van der Waals surface area contributed by atoms with Gasteiger partial charge in [-0.05, 0) is 36.4 Å². The SMILES string of the molecule is CC(=O)Nc1ccc(NC(=O)COC(=O)[C@@H]2COc3ccccc3O2)cc1. The minimum atomic E-state index is -0.926. The lowest BCUT2D eigenvalue weighted by Gasteiger charge is -2.24. The van der Waals surface area contributed by atoms with Crippen LogP contribution in [0.3, 0.4) is 0 Å². The Morgan fingerprint density at radius 3 is 2.30 bits per heavy atom. The van der Waals surface area contributed by atoms with E-state index in [0.717, 1.165) is 0 Å². The molecule has 0 saturated heterocycles. The first kappa shape index (κ1) is 18.2. The molecule has 0 spiro atoms. The molecule has 0 aromatic heterocycles. The Balaban J connectivity index is 1.46. The molecule has 0 unspecified atom stereocenters. The quantitative estimate of drug-likeness (QED) is 0.780. The highest BCUT2D eigenvalue weighted by molar-refractivity contribution is 5.94. The van der Waals surface area contributed by atoms with E-state index in [0.29, 0.717) is 22.9 Å². The number of para-hydroxylation sites is 2. The van der Waals surface area contributed by atoms with Crippen molar-refractivity contribution in [1.82, 2.24) is 0 Å². The van der Waals surface area contributed by atoms with Gasteiger partial charge < -0.3 is 24.8 Å². The summed E-state index contributed by atoms with van der Waals surface area (Å²) < 4.78 is 16.0. The second-order valence-electron chi connectivity index (χ2n) is 5.78. The molecule has 2 N–H and O–H groups in total. The maximum Gasteiger partial charge on any atom is 0.351 e. The van der Waals surface area contributed by atoms with Gasteiger partial charge in [-0.2, -0.15) is 0 Å². The molecule has 2 aromatic carbocycles. The van der Waals surface area contributed by atoms with Crippen LogP contribution in [0.15, 0.2) is 48.5 Å². The molecule has 2 aromatic rings. The number of carbonyl (C=O) groups is 3. The summed E-state index contributed by atoms with van der Waals surface area (Å²) in [5.74, 6) is -0.347. The Morgan fingerprint density at radius 1 is 1.00 bits per heavy atom. The number of esters is 1. The number of carbonyl (C=O) groups excluding carboxylic acids is 3. The van der Waals surface area contributed by atoms with Crippen molar-refractivity contribution in [3.63, 3.8) is 0 Å². The zero-order valence-electron chi connectivity index (χ0n) is 14.6. The molecule has 8 heteroatoms. The summed E-state index contributed by atoms with van der Waals surface area (Å²) >= 11 is 0. The number of rotatable bonds is 5. The van der Waals surface area contributed by atoms with Gasteiger partial charge >= 0.3 is 5.97 Å². The zero-order chi connectivity index (χ0) is 19.2. The van der Waals surface area contributed by atoms with Crippen LogP contribution in [-0.4, -0.2) is 37.1 Å². The highest BCUT2D eigenvalue weighted by Crippen LogP contribution is 2.31. The van der Waals surface area contributed by atoms with E-state index in [4.69, 9.17) is 14.2 Å². The van der Waals surface area contributed by atoms with E-state index in [9.17, 15) is 14.4 Å². The van der Waals surface area contributed by atoms with Crippen molar-refractivity contribution in [2.24, 2.45) is 0 Å². The summed E-state index contributed by atoms with van der Waals surface area (Å²) in [6, 6.07) is 13.5. The molecule has 1 aliphatic rings. The predicted octanol–water partition coefficient (Wildman–Crippen LogP) is 1.97. The van der Waals surface area contributed by atoms with Crippen molar-refractivity contribution in [2.75, 3.05) is 23.8 Å². The standard InChI is InChI=1S/C19H18N2O6/c1-12(22)20-13-6-8-14(9-7-13)21-18(23)11-26-19(24)17-10-25-15-4-2-3-5-16(15)27-17/h2-9,17H,10-11H2,1H3,(H,20,22)(H,21,23)/t17-/m0/s1. The third-order valence-corrected chi connectivity index (χ3v) is 3.61. The zero-order valence-corrected chi connectivity index (χ0v) is 14.6. The van der Waals surface area contributed by atoms with E-state index in [2.05, 4.69) is 10.6 Å². The van der Waals surface area contributed by atoms with Crippen LogP contribution in [0.5, 0.6) is 11.5 Å². The molecule has 2 amide bonds. The molecule has 0 radical (unpaired) electrons. The number of amides is 2. The number of ether oxygens (including phenoxy) is 3. The highest BCUT2D eigenvalue weighted by Gasteiger charge is 2.29. The maximum atomic E-state index is 12.1. The summed E-state index contributed by atoms with van der Waals surface area (Å²) in [5, 5.41) is 5.22. The average molecular weight is 370 g/mol. The van der Waals surface area contributed by atoms with Crippen LogP contribution >= 0.6 is 0 Å². The van der Waals surface area contributed by atoms with Crippen molar-refractivity contribution in [1.29, 1.82) is 0 Å². The molecule has 3 rings (SSSR count). The molecule has 0 saturated carbocycles. The molecule has 0 aliphatic carbocycles. The summed E-state index contributed by atoms with van der Waals surface area (Å²) in [6.45, 7) is 0.972. The Morgan fingerprint density at radius 2 is 1.63 bits per heavy atom. The number of benzene rings is 2. The highest BCUT2D eigenvalue weighted by atomic mass is 16.6. The van der Waals surface area contributed by atoms with Crippen molar-refractivity contribution in [3.8, 4) is 11.5 Å². The van der Waals surface area contributed by atoms with E-state index in [1.54, 1.807) is 48.5 Å². The third kappa shape index (κ3) is 4.97. The van der Waals surface area contributed by atoms with E-state index >= 15 is 0 Å². The Kier molecular flexibility index (Phi) is 5.55. The molecule has 27 heavy (non-hydrogen) atoms. The van der Waals surface area contributed by atoms with Gasteiger partial charge in [-0.1, -0.05) is 12.1 Å². The van der Waals surface area contributed by atoms with E-state index in [1.165, 1.54) is 6.92 Å². The Bertz CT molecular complexity index is 850. The fourth-order valence-corrected chi connectivity index (χ4v) is 2.40. The fourth-order valence-electron chi connectivity index (χ4n) is 2.40. The molecule has 8 nitrogen and oxygen atoms in total. The van der Waals surface area contributed by atoms with Crippen LogP contribution in [0.25, 0.3) is 0 Å². The van der Waals surface area contributed by atoms with E-state index < -0.39 is 24.6 Å². The molecule has 1 heterocycles. The van der Waals surface area contributed by atoms with Crippen molar-refractivity contribution in [2.45, 2.75) is 13.0 Å². The van der Waals surface area contributed by atoms with Crippen LogP contribution in [0.4, 0.5) is 11.4 Å². The van der Waals surface area contributed by atoms with E-state index in [1.807, 2.05) is 0 Å². The number of hydrogen-bond acceptors (Lipinski definition) is 6. The van der Waals surface area contributed by atoms with Crippen molar-refractivity contribution in [3.05, 3.63) is 48.5 Å². The van der Waals surface area contributed by atoms with Gasteiger partial charge in [0.05, 0.1) is 0 Å². The summed E-state index contributed by atoms with van der Waals surface area (Å²) in [5.41, 5.74) is 1.12. The van der Waals surface area contributed by atoms with Crippen LogP contribution < -0.4 is 20.1 Å². The summed E-state index contributed by atoms with van der Waals surface area (Å²) in [4.78, 5) is 35.0. The molecular weight excluding hydrogens is 352 g/mol. The van der Waals surface area contributed by atoms with Crippen molar-refractivity contribution < 1.29 is 28.6 Å². The monoisotopic (exact) mass is 370 g/mol. The Hall–Kier alpha value is -3.55. The molecular formula is C19H18N2O6. The first-order valence-corrected chi connectivity index (χ1v) is 8.24. The lowest BCUT2D eigenvalue weighted by molar-refractivity contribution is -0.156. The first-order chi connectivity index (χ1) is 13.0. The van der Waals surface area contributed by atoms with Gasteiger partial charge in [0.1, 0.15) is 6.61 Å². The predicted molar refractivity (Wildman–Crippen MR) is 96.7 cm³/mol. The topological polar surface area (TPSA) is 103 Å². The summed E-state index contributed by atoms with van der Waals surface area (Å²) in [6.07, 6.45) is -0.926. The lowest BCUT2D eigenvalue weighted by Crippen LogP contribution is -2.39. The maximum absolute atomic E-state index is 12.1. The number of hydrogen-bond donors (Lipinski definition) is 2. The van der Waals surface area contributed by atoms with Crippen LogP contribution in [0.2, 0.25) is 0 Å². The molecule has 140 valence electrons. The van der Waals surface area contributed by atoms with Gasteiger partial charge in [0, 0.05) is 18.3 Å².